The van der Waals surface area contributed by atoms with Crippen molar-refractivity contribution in [2.45, 2.75) is 65.7 Å². The van der Waals surface area contributed by atoms with E-state index in [0.29, 0.717) is 80.1 Å². The highest BCUT2D eigenvalue weighted by Gasteiger charge is 2.64. The zero-order valence-electron chi connectivity index (χ0n) is 38.3. The van der Waals surface area contributed by atoms with Crippen LogP contribution in [0.25, 0.3) is 22.0 Å². The standard InChI is InChI=1S/C50H54ClN7O8S/c1-7-67(61,62)56-33-13-15-42(39(25-33)40-30-57(6)46(60)44-38(40)17-20-53-44)65-36-10-8-9-35(26-36)64-24-23-63-34-18-21-58(22-19-34)43-16-12-32(29-54-43)45(59)55-47-49(2,3)48(50(47,4)5)66-37-14-11-31(28-52)41(51)27-37/h8-17,20,25-27,29-30,34,47-48,53,56H,7,18-19,21-24H2,1-6H3,(H,55,59). The average Bonchev–Trinajstić information content (AvgIpc) is 3.81. The number of carbonyl (C=O) groups is 1. The van der Waals surface area contributed by atoms with Crippen LogP contribution in [0.2, 0.25) is 5.02 Å². The minimum Gasteiger partial charge on any atom is -0.491 e. The van der Waals surface area contributed by atoms with Gasteiger partial charge in [0.15, 0.2) is 0 Å². The molecule has 4 heterocycles. The zero-order valence-corrected chi connectivity index (χ0v) is 39.8. The van der Waals surface area contributed by atoms with Gasteiger partial charge >= 0.3 is 0 Å². The number of piperidine rings is 1. The number of fused-ring (bicyclic) bond motifs is 1. The Balaban J connectivity index is 0.816. The van der Waals surface area contributed by atoms with Gasteiger partial charge in [-0.05, 0) is 80.4 Å². The van der Waals surface area contributed by atoms with Crippen LogP contribution < -0.4 is 34.7 Å². The first kappa shape index (κ1) is 47.0. The lowest BCUT2D eigenvalue weighted by molar-refractivity contribution is -0.164. The van der Waals surface area contributed by atoms with Crippen LogP contribution in [0.1, 0.15) is 63.4 Å². The molecule has 3 aromatic heterocycles. The second-order valence-corrected chi connectivity index (χ2v) is 20.5. The maximum atomic E-state index is 13.5. The van der Waals surface area contributed by atoms with Crippen LogP contribution in [0.5, 0.6) is 23.0 Å². The molecule has 1 saturated heterocycles. The predicted octanol–water partition coefficient (Wildman–Crippen LogP) is 8.68. The van der Waals surface area contributed by atoms with Crippen LogP contribution in [-0.2, 0) is 21.8 Å². The molecule has 6 aromatic rings. The minimum atomic E-state index is -3.55. The summed E-state index contributed by atoms with van der Waals surface area (Å²) < 4.78 is 54.1. The summed E-state index contributed by atoms with van der Waals surface area (Å²) in [5.74, 6) is 2.64. The van der Waals surface area contributed by atoms with Gasteiger partial charge in [0, 0.05) is 89.9 Å². The van der Waals surface area contributed by atoms with Gasteiger partial charge < -0.3 is 38.7 Å². The van der Waals surface area contributed by atoms with Crippen molar-refractivity contribution in [2.24, 2.45) is 17.9 Å². The number of ether oxygens (including phenoxy) is 4. The third kappa shape index (κ3) is 9.95. The molecular formula is C50H54ClN7O8S. The minimum absolute atomic E-state index is 0.0580. The number of nitriles is 1. The summed E-state index contributed by atoms with van der Waals surface area (Å²) in [4.78, 5) is 36.2. The second-order valence-electron chi connectivity index (χ2n) is 18.1. The van der Waals surface area contributed by atoms with Crippen LogP contribution in [0.4, 0.5) is 11.5 Å². The Bertz CT molecular complexity index is 2990. The summed E-state index contributed by atoms with van der Waals surface area (Å²) >= 11 is 6.25. The first-order valence-corrected chi connectivity index (χ1v) is 24.2. The smallest absolute Gasteiger partial charge is 0.274 e. The van der Waals surface area contributed by atoms with E-state index in [1.165, 1.54) is 4.57 Å². The van der Waals surface area contributed by atoms with Gasteiger partial charge in [-0.1, -0.05) is 45.4 Å². The maximum Gasteiger partial charge on any atom is 0.274 e. The van der Waals surface area contributed by atoms with Gasteiger partial charge in [-0.3, -0.25) is 14.3 Å². The summed E-state index contributed by atoms with van der Waals surface area (Å²) in [5.41, 5.74) is 1.96. The number of nitrogens with zero attached hydrogens (tertiary/aromatic N) is 4. The SMILES string of the molecule is CCS(=O)(=O)Nc1ccc(Oc2cccc(OCCOC3CCN(c4ccc(C(=O)NC5C(C)(C)C(Oc6ccc(C#N)c(Cl)c6)C5(C)C)cn4)CC3)c2)c(-c2cn(C)c(=O)c3[nH]ccc23)c1. The average molecular weight is 949 g/mol. The fourth-order valence-electron chi connectivity index (χ4n) is 9.53. The molecule has 3 N–H and O–H groups in total. The molecular weight excluding hydrogens is 894 g/mol. The Labute approximate surface area is 395 Å². The lowest BCUT2D eigenvalue weighted by Crippen LogP contribution is -2.74. The van der Waals surface area contributed by atoms with Crippen molar-refractivity contribution in [3.8, 4) is 40.2 Å². The number of nitrogens with one attached hydrogen (secondary N) is 3. The van der Waals surface area contributed by atoms with Gasteiger partial charge in [0.05, 0.1) is 34.6 Å². The Hall–Kier alpha value is -6.54. The Morgan fingerprint density at radius 3 is 2.42 bits per heavy atom. The van der Waals surface area contributed by atoms with Crippen LogP contribution in [0, 0.1) is 22.2 Å². The Kier molecular flexibility index (Phi) is 13.3. The summed E-state index contributed by atoms with van der Waals surface area (Å²) in [6.07, 6.45) is 6.49. The number of aryl methyl sites for hydroxylation is 1. The normalized spacial score (nSPS) is 17.9. The summed E-state index contributed by atoms with van der Waals surface area (Å²) in [7, 11) is -1.89. The Morgan fingerprint density at radius 2 is 1.72 bits per heavy atom. The number of halogens is 1. The number of carbonyl (C=O) groups excluding carboxylic acids is 1. The van der Waals surface area contributed by atoms with Crippen LogP contribution in [0.3, 0.4) is 0 Å². The van der Waals surface area contributed by atoms with E-state index in [1.54, 1.807) is 87.2 Å². The number of rotatable bonds is 16. The van der Waals surface area contributed by atoms with Gasteiger partial charge in [-0.15, -0.1) is 0 Å². The molecule has 350 valence electrons. The molecule has 2 fully saturated rings. The molecule has 1 aliphatic carbocycles. The summed E-state index contributed by atoms with van der Waals surface area (Å²) in [5, 5.41) is 13.5. The molecule has 15 nitrogen and oxygen atoms in total. The van der Waals surface area contributed by atoms with E-state index in [2.05, 4.69) is 58.7 Å². The number of hydrogen-bond donors (Lipinski definition) is 3. The lowest BCUT2D eigenvalue weighted by Gasteiger charge is -2.63. The first-order valence-electron chi connectivity index (χ1n) is 22.2. The number of pyridine rings is 2. The van der Waals surface area contributed by atoms with Crippen LogP contribution >= 0.6 is 11.6 Å². The first-order chi connectivity index (χ1) is 32.0. The number of aromatic nitrogens is 3. The van der Waals surface area contributed by atoms with Crippen molar-refractivity contribution in [2.75, 3.05) is 41.7 Å². The highest BCUT2D eigenvalue weighted by atomic mass is 35.5. The molecule has 1 amide bonds. The van der Waals surface area contributed by atoms with E-state index >= 15 is 0 Å². The number of amides is 1. The fraction of sp³-hybridized carbons (Fsp3) is 0.360. The van der Waals surface area contributed by atoms with Crippen molar-refractivity contribution in [3.05, 3.63) is 124 Å². The summed E-state index contributed by atoms with van der Waals surface area (Å²) in [6.45, 7) is 12.1. The molecule has 8 rings (SSSR count). The molecule has 0 spiro atoms. The van der Waals surface area contributed by atoms with E-state index in [-0.39, 0.29) is 46.3 Å². The second kappa shape index (κ2) is 19.0. The molecule has 1 aliphatic heterocycles. The Morgan fingerprint density at radius 1 is 0.955 bits per heavy atom. The van der Waals surface area contributed by atoms with Gasteiger partial charge in [0.2, 0.25) is 10.0 Å². The highest BCUT2D eigenvalue weighted by molar-refractivity contribution is 7.92. The van der Waals surface area contributed by atoms with Crippen molar-refractivity contribution in [1.82, 2.24) is 19.9 Å². The fourth-order valence-corrected chi connectivity index (χ4v) is 10.4. The van der Waals surface area contributed by atoms with E-state index in [1.807, 2.05) is 24.3 Å². The van der Waals surface area contributed by atoms with Crippen molar-refractivity contribution in [3.63, 3.8) is 0 Å². The zero-order chi connectivity index (χ0) is 47.7. The van der Waals surface area contributed by atoms with Crippen LogP contribution in [-0.4, -0.2) is 79.2 Å². The van der Waals surface area contributed by atoms with Gasteiger partial charge in [0.1, 0.15) is 53.1 Å². The van der Waals surface area contributed by atoms with Gasteiger partial charge in [-0.25, -0.2) is 13.4 Å². The largest absolute Gasteiger partial charge is 0.491 e. The molecule has 1 saturated carbocycles. The number of benzene rings is 3. The number of hydrogen-bond acceptors (Lipinski definition) is 11. The summed E-state index contributed by atoms with van der Waals surface area (Å²) in [6, 6.07) is 24.7. The molecule has 3 aromatic carbocycles. The number of anilines is 2. The number of sulfonamides is 1. The van der Waals surface area contributed by atoms with E-state index in [0.717, 1.165) is 31.7 Å². The molecule has 0 atom stereocenters. The molecule has 0 radical (unpaired) electrons. The van der Waals surface area contributed by atoms with Crippen molar-refractivity contribution < 1.29 is 32.2 Å². The number of aromatic amines is 1. The predicted molar refractivity (Wildman–Crippen MR) is 259 cm³/mol. The third-order valence-corrected chi connectivity index (χ3v) is 14.4. The topological polar surface area (TPSA) is 190 Å². The highest BCUT2D eigenvalue weighted by Crippen LogP contribution is 2.55. The van der Waals surface area contributed by atoms with Crippen molar-refractivity contribution >= 4 is 49.9 Å². The van der Waals surface area contributed by atoms with Crippen LogP contribution in [0.15, 0.2) is 102 Å². The van der Waals surface area contributed by atoms with E-state index < -0.39 is 10.0 Å². The van der Waals surface area contributed by atoms with E-state index in [9.17, 15) is 23.3 Å². The monoisotopic (exact) mass is 947 g/mol. The van der Waals surface area contributed by atoms with E-state index in [4.69, 9.17) is 30.5 Å². The third-order valence-electron chi connectivity index (χ3n) is 12.8. The molecule has 0 bridgehead atoms. The quantitative estimate of drug-likeness (QED) is 0.0788. The van der Waals surface area contributed by atoms with Gasteiger partial charge in [0.25, 0.3) is 11.5 Å². The van der Waals surface area contributed by atoms with Crippen molar-refractivity contribution in [1.29, 1.82) is 5.26 Å². The molecule has 17 heteroatoms. The molecule has 2 aliphatic rings. The lowest BCUT2D eigenvalue weighted by atomic mass is 9.49. The van der Waals surface area contributed by atoms with Gasteiger partial charge in [-0.2, -0.15) is 5.26 Å². The molecule has 67 heavy (non-hydrogen) atoms. The molecule has 0 unspecified atom stereocenters. The number of H-pyrrole nitrogens is 1. The maximum absolute atomic E-state index is 13.5.